The first kappa shape index (κ1) is 14.7. The molecule has 1 heterocycles. The van der Waals surface area contributed by atoms with Gasteiger partial charge in [-0.1, -0.05) is 23.7 Å². The second-order valence-electron chi connectivity index (χ2n) is 5.11. The second kappa shape index (κ2) is 6.64. The van der Waals surface area contributed by atoms with Crippen LogP contribution in [-0.4, -0.2) is 43.7 Å². The number of nitrogens with one attached hydrogen (secondary N) is 1. The predicted molar refractivity (Wildman–Crippen MR) is 80.7 cm³/mol. The van der Waals surface area contributed by atoms with Gasteiger partial charge < -0.3 is 9.80 Å². The largest absolute Gasteiger partial charge is 0.340 e. The molecule has 0 saturated carbocycles. The van der Waals surface area contributed by atoms with E-state index in [4.69, 9.17) is 11.6 Å². The molecule has 1 N–H and O–H groups in total. The third-order valence-corrected chi connectivity index (χ3v) is 4.71. The minimum absolute atomic E-state index is 0.155. The molecule has 19 heavy (non-hydrogen) atoms. The number of nitrogens with zero attached hydrogens (tertiary/aromatic N) is 1. The van der Waals surface area contributed by atoms with E-state index in [2.05, 4.69) is 14.1 Å². The van der Waals surface area contributed by atoms with Gasteiger partial charge in [0.15, 0.2) is 0 Å². The van der Waals surface area contributed by atoms with Gasteiger partial charge in [-0.2, -0.15) is 0 Å². The SMILES string of the molecule is C[NH+](C)CCCN1C(=O)CSC1c1ccc(Cl)cc1. The Hall–Kier alpha value is -0.710. The molecule has 0 radical (unpaired) electrons. The summed E-state index contributed by atoms with van der Waals surface area (Å²) in [7, 11) is 4.27. The van der Waals surface area contributed by atoms with Gasteiger partial charge in [0.05, 0.1) is 26.4 Å². The molecule has 5 heteroatoms. The van der Waals surface area contributed by atoms with Crippen molar-refractivity contribution in [3.05, 3.63) is 34.9 Å². The third-order valence-electron chi connectivity index (χ3n) is 3.20. The molecule has 1 unspecified atom stereocenters. The molecule has 2 rings (SSSR count). The molecule has 1 aliphatic heterocycles. The molecule has 1 aromatic carbocycles. The van der Waals surface area contributed by atoms with E-state index in [1.54, 1.807) is 11.8 Å². The number of carbonyl (C=O) groups is 1. The molecule has 3 nitrogen and oxygen atoms in total. The van der Waals surface area contributed by atoms with E-state index < -0.39 is 0 Å². The van der Waals surface area contributed by atoms with E-state index in [1.165, 1.54) is 4.90 Å². The Morgan fingerprint density at radius 3 is 2.68 bits per heavy atom. The summed E-state index contributed by atoms with van der Waals surface area (Å²) in [6.07, 6.45) is 1.04. The third kappa shape index (κ3) is 3.88. The normalized spacial score (nSPS) is 19.5. The molecule has 1 amide bonds. The Bertz CT molecular complexity index is 436. The molecule has 0 spiro atoms. The minimum Gasteiger partial charge on any atom is -0.340 e. The van der Waals surface area contributed by atoms with Gasteiger partial charge in [-0.3, -0.25) is 4.79 Å². The van der Waals surface area contributed by atoms with Crippen molar-refractivity contribution in [1.82, 2.24) is 4.90 Å². The quantitative estimate of drug-likeness (QED) is 0.890. The monoisotopic (exact) mass is 299 g/mol. The number of thioether (sulfide) groups is 1. The fourth-order valence-electron chi connectivity index (χ4n) is 2.20. The van der Waals surface area contributed by atoms with Crippen LogP contribution in [0.4, 0.5) is 0 Å². The van der Waals surface area contributed by atoms with Crippen molar-refractivity contribution in [2.24, 2.45) is 0 Å². The minimum atomic E-state index is 0.155. The topological polar surface area (TPSA) is 24.8 Å². The maximum Gasteiger partial charge on any atom is 0.233 e. The second-order valence-corrected chi connectivity index (χ2v) is 6.62. The van der Waals surface area contributed by atoms with Crippen molar-refractivity contribution in [3.63, 3.8) is 0 Å². The zero-order valence-electron chi connectivity index (χ0n) is 11.4. The number of rotatable bonds is 5. The van der Waals surface area contributed by atoms with Gasteiger partial charge in [0.2, 0.25) is 5.91 Å². The molecule has 1 saturated heterocycles. The highest BCUT2D eigenvalue weighted by molar-refractivity contribution is 8.00. The van der Waals surface area contributed by atoms with E-state index in [-0.39, 0.29) is 11.3 Å². The number of benzene rings is 1. The number of quaternary nitrogens is 1. The number of hydrogen-bond donors (Lipinski definition) is 1. The zero-order valence-corrected chi connectivity index (χ0v) is 12.9. The van der Waals surface area contributed by atoms with E-state index in [0.717, 1.165) is 30.1 Å². The number of hydrogen-bond acceptors (Lipinski definition) is 2. The lowest BCUT2D eigenvalue weighted by molar-refractivity contribution is -0.858. The molecular formula is C14H20ClN2OS+. The molecule has 0 aromatic heterocycles. The van der Waals surface area contributed by atoms with Crippen molar-refractivity contribution < 1.29 is 9.69 Å². The summed E-state index contributed by atoms with van der Waals surface area (Å²) in [6, 6.07) is 7.82. The van der Waals surface area contributed by atoms with Crippen molar-refractivity contribution in [1.29, 1.82) is 0 Å². The summed E-state index contributed by atoms with van der Waals surface area (Å²) in [5.41, 5.74) is 1.16. The van der Waals surface area contributed by atoms with Gasteiger partial charge in [-0.25, -0.2) is 0 Å². The van der Waals surface area contributed by atoms with E-state index in [1.807, 2.05) is 29.2 Å². The molecule has 0 aliphatic carbocycles. The van der Waals surface area contributed by atoms with E-state index >= 15 is 0 Å². The summed E-state index contributed by atoms with van der Waals surface area (Å²) in [4.78, 5) is 15.4. The Labute approximate surface area is 123 Å². The van der Waals surface area contributed by atoms with Crippen LogP contribution in [-0.2, 0) is 4.79 Å². The average molecular weight is 300 g/mol. The Balaban J connectivity index is 2.02. The maximum absolute atomic E-state index is 12.0. The summed E-state index contributed by atoms with van der Waals surface area (Å²) >= 11 is 7.61. The van der Waals surface area contributed by atoms with Gasteiger partial charge in [-0.05, 0) is 17.7 Å². The van der Waals surface area contributed by atoms with Crippen LogP contribution in [0.25, 0.3) is 0 Å². The number of amides is 1. The number of carbonyl (C=O) groups excluding carboxylic acids is 1. The number of halogens is 1. The van der Waals surface area contributed by atoms with Gasteiger partial charge in [0, 0.05) is 18.0 Å². The first-order valence-corrected chi connectivity index (χ1v) is 7.96. The van der Waals surface area contributed by atoms with Crippen LogP contribution in [0.15, 0.2) is 24.3 Å². The van der Waals surface area contributed by atoms with Gasteiger partial charge >= 0.3 is 0 Å². The van der Waals surface area contributed by atoms with Crippen LogP contribution in [0.3, 0.4) is 0 Å². The molecule has 1 fully saturated rings. The fraction of sp³-hybridized carbons (Fsp3) is 0.500. The van der Waals surface area contributed by atoms with Gasteiger partial charge in [0.25, 0.3) is 0 Å². The van der Waals surface area contributed by atoms with E-state index in [0.29, 0.717) is 5.75 Å². The Kier molecular flexibility index (Phi) is 5.13. The van der Waals surface area contributed by atoms with Crippen molar-refractivity contribution in [3.8, 4) is 0 Å². The molecular weight excluding hydrogens is 280 g/mol. The van der Waals surface area contributed by atoms with E-state index in [9.17, 15) is 4.79 Å². The van der Waals surface area contributed by atoms with Crippen molar-refractivity contribution in [2.75, 3.05) is 32.9 Å². The fourth-order valence-corrected chi connectivity index (χ4v) is 3.55. The van der Waals surface area contributed by atoms with Gasteiger partial charge in [0.1, 0.15) is 5.37 Å². The standard InChI is InChI=1S/C14H19ClN2OS/c1-16(2)8-3-9-17-13(18)10-19-14(17)11-4-6-12(15)7-5-11/h4-7,14H,3,8-10H2,1-2H3/p+1. The molecule has 1 atom stereocenters. The first-order chi connectivity index (χ1) is 9.08. The van der Waals surface area contributed by atoms with Crippen LogP contribution < -0.4 is 4.90 Å². The molecule has 104 valence electrons. The highest BCUT2D eigenvalue weighted by Crippen LogP contribution is 2.38. The van der Waals surface area contributed by atoms with Crippen molar-refractivity contribution >= 4 is 29.3 Å². The molecule has 0 bridgehead atoms. The zero-order chi connectivity index (χ0) is 13.8. The first-order valence-electron chi connectivity index (χ1n) is 6.53. The smallest absolute Gasteiger partial charge is 0.233 e. The van der Waals surface area contributed by atoms with Crippen LogP contribution in [0.2, 0.25) is 5.02 Å². The Morgan fingerprint density at radius 1 is 1.37 bits per heavy atom. The van der Waals surface area contributed by atoms with Crippen LogP contribution in [0, 0.1) is 0 Å². The van der Waals surface area contributed by atoms with Crippen LogP contribution >= 0.6 is 23.4 Å². The lowest BCUT2D eigenvalue weighted by Crippen LogP contribution is -3.05. The summed E-state index contributed by atoms with van der Waals surface area (Å²) in [5, 5.41) is 0.891. The highest BCUT2D eigenvalue weighted by Gasteiger charge is 2.32. The van der Waals surface area contributed by atoms with Crippen LogP contribution in [0.1, 0.15) is 17.4 Å². The molecule has 1 aliphatic rings. The highest BCUT2D eigenvalue weighted by atomic mass is 35.5. The maximum atomic E-state index is 12.0. The predicted octanol–water partition coefficient (Wildman–Crippen LogP) is 1.45. The molecule has 1 aromatic rings. The van der Waals surface area contributed by atoms with Crippen molar-refractivity contribution in [2.45, 2.75) is 11.8 Å². The summed E-state index contributed by atoms with van der Waals surface area (Å²) in [6.45, 7) is 1.92. The van der Waals surface area contributed by atoms with Gasteiger partial charge in [-0.15, -0.1) is 11.8 Å². The van der Waals surface area contributed by atoms with Crippen LogP contribution in [0.5, 0.6) is 0 Å². The average Bonchev–Trinajstić information content (AvgIpc) is 2.72. The summed E-state index contributed by atoms with van der Waals surface area (Å²) < 4.78 is 0. The summed E-state index contributed by atoms with van der Waals surface area (Å²) in [5.74, 6) is 0.834. The lowest BCUT2D eigenvalue weighted by Gasteiger charge is -2.24. The Morgan fingerprint density at radius 2 is 2.05 bits per heavy atom. The lowest BCUT2D eigenvalue weighted by atomic mass is 10.2.